The molecule has 1 amide bonds. The van der Waals surface area contributed by atoms with Crippen LogP contribution in [-0.4, -0.2) is 37.6 Å². The highest BCUT2D eigenvalue weighted by Gasteiger charge is 2.11. The third-order valence-electron chi connectivity index (χ3n) is 4.67. The second kappa shape index (κ2) is 9.97. The predicted molar refractivity (Wildman–Crippen MR) is 108 cm³/mol. The number of rotatable bonds is 9. The van der Waals surface area contributed by atoms with Crippen LogP contribution in [0.5, 0.6) is 11.5 Å². The number of hydrogen-bond donors (Lipinski definition) is 1. The van der Waals surface area contributed by atoms with Gasteiger partial charge in [-0.05, 0) is 50.2 Å². The molecule has 0 unspecified atom stereocenters. The molecule has 1 N–H and O–H groups in total. The summed E-state index contributed by atoms with van der Waals surface area (Å²) < 4.78 is 10.6. The summed E-state index contributed by atoms with van der Waals surface area (Å²) >= 11 is 0. The van der Waals surface area contributed by atoms with Gasteiger partial charge in [0, 0.05) is 36.3 Å². The smallest absolute Gasteiger partial charge is 0.251 e. The number of nitrogens with zero attached hydrogens (tertiary/aromatic N) is 1. The predicted octanol–water partition coefficient (Wildman–Crippen LogP) is 3.86. The van der Waals surface area contributed by atoms with Crippen molar-refractivity contribution in [3.63, 3.8) is 0 Å². The lowest BCUT2D eigenvalue weighted by molar-refractivity contribution is 0.0950. The van der Waals surface area contributed by atoms with Crippen molar-refractivity contribution in [3.05, 3.63) is 59.2 Å². The summed E-state index contributed by atoms with van der Waals surface area (Å²) in [5, 5.41) is 2.95. The van der Waals surface area contributed by atoms with Crippen LogP contribution in [0.1, 0.15) is 42.3 Å². The molecule has 0 heterocycles. The van der Waals surface area contributed by atoms with E-state index in [1.807, 2.05) is 42.5 Å². The SMILES string of the molecule is CCN(Cc1ccc(C(=O)NCc2ccc(OC)cc2OC)cc1)C(C)C. The summed E-state index contributed by atoms with van der Waals surface area (Å²) in [6.45, 7) is 8.83. The molecule has 2 aromatic rings. The molecule has 0 fully saturated rings. The Kier molecular flexibility index (Phi) is 7.67. The fourth-order valence-electron chi connectivity index (χ4n) is 2.93. The molecule has 146 valence electrons. The Labute approximate surface area is 162 Å². The van der Waals surface area contributed by atoms with Crippen LogP contribution in [-0.2, 0) is 13.1 Å². The van der Waals surface area contributed by atoms with Gasteiger partial charge in [-0.3, -0.25) is 9.69 Å². The third kappa shape index (κ3) is 5.73. The van der Waals surface area contributed by atoms with Crippen LogP contribution in [0.2, 0.25) is 0 Å². The van der Waals surface area contributed by atoms with Crippen LogP contribution in [0.15, 0.2) is 42.5 Å². The molecule has 0 aliphatic heterocycles. The normalized spacial score (nSPS) is 10.9. The number of ether oxygens (including phenoxy) is 2. The molecule has 0 bridgehead atoms. The molecule has 0 atom stereocenters. The fraction of sp³-hybridized carbons (Fsp3) is 0.409. The van der Waals surface area contributed by atoms with Crippen molar-refractivity contribution in [2.24, 2.45) is 0 Å². The summed E-state index contributed by atoms with van der Waals surface area (Å²) in [6, 6.07) is 13.9. The molecule has 0 spiro atoms. The first kappa shape index (κ1) is 20.8. The van der Waals surface area contributed by atoms with Gasteiger partial charge < -0.3 is 14.8 Å². The molecule has 0 radical (unpaired) electrons. The van der Waals surface area contributed by atoms with Crippen LogP contribution in [0, 0.1) is 0 Å². The number of carbonyl (C=O) groups is 1. The molecule has 2 aromatic carbocycles. The Balaban J connectivity index is 1.98. The number of carbonyl (C=O) groups excluding carboxylic acids is 1. The lowest BCUT2D eigenvalue weighted by Crippen LogP contribution is -2.30. The van der Waals surface area contributed by atoms with Gasteiger partial charge in [0.2, 0.25) is 0 Å². The molecular weight excluding hydrogens is 340 g/mol. The largest absolute Gasteiger partial charge is 0.497 e. The first-order valence-electron chi connectivity index (χ1n) is 9.30. The van der Waals surface area contributed by atoms with E-state index in [9.17, 15) is 4.79 Å². The number of hydrogen-bond acceptors (Lipinski definition) is 4. The van der Waals surface area contributed by atoms with E-state index in [-0.39, 0.29) is 5.91 Å². The summed E-state index contributed by atoms with van der Waals surface area (Å²) in [5.41, 5.74) is 2.76. The van der Waals surface area contributed by atoms with E-state index < -0.39 is 0 Å². The Morgan fingerprint density at radius 2 is 1.78 bits per heavy atom. The molecular formula is C22H30N2O3. The van der Waals surface area contributed by atoms with Crippen molar-refractivity contribution < 1.29 is 14.3 Å². The molecule has 27 heavy (non-hydrogen) atoms. The lowest BCUT2D eigenvalue weighted by Gasteiger charge is -2.24. The highest BCUT2D eigenvalue weighted by Crippen LogP contribution is 2.24. The highest BCUT2D eigenvalue weighted by atomic mass is 16.5. The van der Waals surface area contributed by atoms with Gasteiger partial charge in [-0.1, -0.05) is 19.1 Å². The maximum absolute atomic E-state index is 12.5. The number of methoxy groups -OCH3 is 2. The quantitative estimate of drug-likeness (QED) is 0.728. The molecule has 0 saturated carbocycles. The molecule has 2 rings (SSSR count). The second-order valence-corrected chi connectivity index (χ2v) is 6.71. The third-order valence-corrected chi connectivity index (χ3v) is 4.67. The van der Waals surface area contributed by atoms with E-state index in [1.165, 1.54) is 5.56 Å². The van der Waals surface area contributed by atoms with Gasteiger partial charge in [0.25, 0.3) is 5.91 Å². The topological polar surface area (TPSA) is 50.8 Å². The number of benzene rings is 2. The monoisotopic (exact) mass is 370 g/mol. The van der Waals surface area contributed by atoms with Gasteiger partial charge in [-0.15, -0.1) is 0 Å². The minimum atomic E-state index is -0.101. The van der Waals surface area contributed by atoms with Crippen molar-refractivity contribution in [1.82, 2.24) is 10.2 Å². The molecule has 0 saturated heterocycles. The number of amides is 1. The van der Waals surface area contributed by atoms with Crippen molar-refractivity contribution in [1.29, 1.82) is 0 Å². The zero-order chi connectivity index (χ0) is 19.8. The van der Waals surface area contributed by atoms with Gasteiger partial charge in [0.15, 0.2) is 0 Å². The standard InChI is InChI=1S/C22H30N2O3/c1-6-24(16(2)3)15-17-7-9-18(10-8-17)22(25)23-14-19-11-12-20(26-4)13-21(19)27-5/h7-13,16H,6,14-15H2,1-5H3,(H,23,25). The lowest BCUT2D eigenvalue weighted by atomic mass is 10.1. The Hall–Kier alpha value is -2.53. The van der Waals surface area contributed by atoms with Crippen molar-refractivity contribution in [2.45, 2.75) is 39.9 Å². The van der Waals surface area contributed by atoms with E-state index in [0.29, 0.717) is 23.9 Å². The van der Waals surface area contributed by atoms with Crippen LogP contribution in [0.3, 0.4) is 0 Å². The second-order valence-electron chi connectivity index (χ2n) is 6.71. The first-order chi connectivity index (χ1) is 13.0. The minimum absolute atomic E-state index is 0.101. The van der Waals surface area contributed by atoms with Crippen molar-refractivity contribution in [3.8, 4) is 11.5 Å². The van der Waals surface area contributed by atoms with E-state index in [1.54, 1.807) is 14.2 Å². The van der Waals surface area contributed by atoms with Crippen LogP contribution in [0.25, 0.3) is 0 Å². The Morgan fingerprint density at radius 3 is 2.33 bits per heavy atom. The van der Waals surface area contributed by atoms with Gasteiger partial charge >= 0.3 is 0 Å². The van der Waals surface area contributed by atoms with Gasteiger partial charge in [-0.2, -0.15) is 0 Å². The average Bonchev–Trinajstić information content (AvgIpc) is 2.70. The van der Waals surface area contributed by atoms with Crippen LogP contribution >= 0.6 is 0 Å². The van der Waals surface area contributed by atoms with E-state index in [4.69, 9.17) is 9.47 Å². The van der Waals surface area contributed by atoms with E-state index in [2.05, 4.69) is 31.0 Å². The minimum Gasteiger partial charge on any atom is -0.497 e. The van der Waals surface area contributed by atoms with Gasteiger partial charge in [-0.25, -0.2) is 0 Å². The number of nitrogens with one attached hydrogen (secondary N) is 1. The summed E-state index contributed by atoms with van der Waals surface area (Å²) in [6.07, 6.45) is 0. The molecule has 0 aromatic heterocycles. The van der Waals surface area contributed by atoms with E-state index in [0.717, 1.165) is 24.4 Å². The summed E-state index contributed by atoms with van der Waals surface area (Å²) in [4.78, 5) is 14.8. The summed E-state index contributed by atoms with van der Waals surface area (Å²) in [5.74, 6) is 1.31. The molecule has 5 nitrogen and oxygen atoms in total. The highest BCUT2D eigenvalue weighted by molar-refractivity contribution is 5.94. The van der Waals surface area contributed by atoms with Crippen LogP contribution in [0.4, 0.5) is 0 Å². The fourth-order valence-corrected chi connectivity index (χ4v) is 2.93. The Morgan fingerprint density at radius 1 is 1.07 bits per heavy atom. The van der Waals surface area contributed by atoms with Crippen molar-refractivity contribution in [2.75, 3.05) is 20.8 Å². The van der Waals surface area contributed by atoms with E-state index >= 15 is 0 Å². The Bertz CT molecular complexity index is 742. The molecule has 0 aliphatic rings. The first-order valence-corrected chi connectivity index (χ1v) is 9.30. The van der Waals surface area contributed by atoms with Gasteiger partial charge in [0.1, 0.15) is 11.5 Å². The zero-order valence-electron chi connectivity index (χ0n) is 16.9. The zero-order valence-corrected chi connectivity index (χ0v) is 16.9. The summed E-state index contributed by atoms with van der Waals surface area (Å²) in [7, 11) is 3.22. The average molecular weight is 370 g/mol. The van der Waals surface area contributed by atoms with Crippen LogP contribution < -0.4 is 14.8 Å². The van der Waals surface area contributed by atoms with Gasteiger partial charge in [0.05, 0.1) is 14.2 Å². The molecule has 0 aliphatic carbocycles. The van der Waals surface area contributed by atoms with Crippen molar-refractivity contribution >= 4 is 5.91 Å². The maximum Gasteiger partial charge on any atom is 0.251 e. The maximum atomic E-state index is 12.5. The molecule has 5 heteroatoms.